The average Bonchev–Trinajstić information content (AvgIpc) is 2.84. The van der Waals surface area contributed by atoms with Gasteiger partial charge in [-0.15, -0.1) is 0 Å². The van der Waals surface area contributed by atoms with Crippen molar-refractivity contribution in [2.24, 2.45) is 22.1 Å². The highest BCUT2D eigenvalue weighted by atomic mass is 16.5. The Morgan fingerprint density at radius 3 is 2.95 bits per heavy atom. The van der Waals surface area contributed by atoms with Crippen molar-refractivity contribution in [1.29, 1.82) is 0 Å². The zero-order valence-corrected chi connectivity index (χ0v) is 12.7. The van der Waals surface area contributed by atoms with E-state index >= 15 is 0 Å². The summed E-state index contributed by atoms with van der Waals surface area (Å²) < 4.78 is 5.43. The minimum atomic E-state index is -0.303. The Morgan fingerprint density at radius 2 is 2.23 bits per heavy atom. The SMILES string of the molecule is NC(=NCC1CCC2(CCOCC2)C1O)Nc1ccccn1. The van der Waals surface area contributed by atoms with Crippen molar-refractivity contribution < 1.29 is 9.84 Å². The molecule has 1 spiro atoms. The summed E-state index contributed by atoms with van der Waals surface area (Å²) in [6.07, 6.45) is 5.37. The lowest BCUT2D eigenvalue weighted by molar-refractivity contribution is -0.0548. The number of aliphatic hydroxyl groups excluding tert-OH is 1. The van der Waals surface area contributed by atoms with Gasteiger partial charge in [0.25, 0.3) is 0 Å². The predicted octanol–water partition coefficient (Wildman–Crippen LogP) is 1.38. The maximum absolute atomic E-state index is 10.7. The zero-order valence-electron chi connectivity index (χ0n) is 12.7. The van der Waals surface area contributed by atoms with E-state index in [1.54, 1.807) is 6.20 Å². The predicted molar refractivity (Wildman–Crippen MR) is 85.6 cm³/mol. The van der Waals surface area contributed by atoms with E-state index in [2.05, 4.69) is 15.3 Å². The molecule has 6 heteroatoms. The lowest BCUT2D eigenvalue weighted by atomic mass is 9.76. The van der Waals surface area contributed by atoms with E-state index in [1.807, 2.05) is 18.2 Å². The van der Waals surface area contributed by atoms with Gasteiger partial charge in [0.1, 0.15) is 5.82 Å². The molecule has 1 aliphatic heterocycles. The monoisotopic (exact) mass is 304 g/mol. The van der Waals surface area contributed by atoms with Crippen LogP contribution in [0.4, 0.5) is 5.82 Å². The Hall–Kier alpha value is -1.66. The summed E-state index contributed by atoms with van der Waals surface area (Å²) in [6.45, 7) is 2.07. The van der Waals surface area contributed by atoms with Crippen LogP contribution in [0.1, 0.15) is 25.7 Å². The summed E-state index contributed by atoms with van der Waals surface area (Å²) in [4.78, 5) is 8.53. The highest BCUT2D eigenvalue weighted by molar-refractivity contribution is 5.91. The molecule has 0 amide bonds. The topological polar surface area (TPSA) is 92.8 Å². The Morgan fingerprint density at radius 1 is 1.41 bits per heavy atom. The fourth-order valence-electron chi connectivity index (χ4n) is 3.62. The highest BCUT2D eigenvalue weighted by Crippen LogP contribution is 2.48. The van der Waals surface area contributed by atoms with E-state index in [-0.39, 0.29) is 17.4 Å². The summed E-state index contributed by atoms with van der Waals surface area (Å²) in [7, 11) is 0. The largest absolute Gasteiger partial charge is 0.392 e. The third-order valence-corrected chi connectivity index (χ3v) is 4.99. The first-order valence-corrected chi connectivity index (χ1v) is 7.93. The molecular weight excluding hydrogens is 280 g/mol. The molecule has 2 unspecified atom stereocenters. The molecule has 3 rings (SSSR count). The second kappa shape index (κ2) is 6.62. The number of guanidine groups is 1. The number of aromatic nitrogens is 1. The Labute approximate surface area is 130 Å². The third-order valence-electron chi connectivity index (χ3n) is 4.99. The number of pyridine rings is 1. The minimum absolute atomic E-state index is 0.0433. The summed E-state index contributed by atoms with van der Waals surface area (Å²) in [6, 6.07) is 5.57. The Balaban J connectivity index is 1.56. The van der Waals surface area contributed by atoms with Crippen molar-refractivity contribution in [1.82, 2.24) is 4.98 Å². The normalized spacial score (nSPS) is 28.0. The van der Waals surface area contributed by atoms with Crippen LogP contribution in [0, 0.1) is 11.3 Å². The van der Waals surface area contributed by atoms with Crippen molar-refractivity contribution in [3.8, 4) is 0 Å². The standard InChI is InChI=1S/C16H24N4O2/c17-15(20-13-3-1-2-8-18-13)19-11-12-4-5-16(14(12)21)6-9-22-10-7-16/h1-3,8,12,14,21H,4-7,9-11H2,(H3,17,18,19,20). The second-order valence-corrected chi connectivity index (χ2v) is 6.28. The molecule has 4 N–H and O–H groups in total. The summed E-state index contributed by atoms with van der Waals surface area (Å²) in [5.74, 6) is 1.21. The third kappa shape index (κ3) is 3.23. The molecule has 0 bridgehead atoms. The van der Waals surface area contributed by atoms with Gasteiger partial charge in [-0.05, 0) is 37.8 Å². The van der Waals surface area contributed by atoms with Crippen LogP contribution in [-0.2, 0) is 4.74 Å². The lowest BCUT2D eigenvalue weighted by Gasteiger charge is -2.37. The molecule has 0 radical (unpaired) electrons. The van der Waals surface area contributed by atoms with Gasteiger partial charge in [0.05, 0.1) is 6.10 Å². The van der Waals surface area contributed by atoms with E-state index in [0.29, 0.717) is 18.3 Å². The van der Waals surface area contributed by atoms with Gasteiger partial charge in [-0.2, -0.15) is 0 Å². The van der Waals surface area contributed by atoms with E-state index in [0.717, 1.165) is 38.9 Å². The van der Waals surface area contributed by atoms with Crippen molar-refractivity contribution in [3.05, 3.63) is 24.4 Å². The fourth-order valence-corrected chi connectivity index (χ4v) is 3.62. The minimum Gasteiger partial charge on any atom is -0.392 e. The van der Waals surface area contributed by atoms with Crippen molar-refractivity contribution in [2.75, 3.05) is 25.1 Å². The molecule has 22 heavy (non-hydrogen) atoms. The van der Waals surface area contributed by atoms with Crippen molar-refractivity contribution >= 4 is 11.8 Å². The molecule has 120 valence electrons. The van der Waals surface area contributed by atoms with Crippen LogP contribution in [0.15, 0.2) is 29.4 Å². The van der Waals surface area contributed by atoms with Crippen LogP contribution >= 0.6 is 0 Å². The molecule has 1 aliphatic carbocycles. The van der Waals surface area contributed by atoms with Crippen LogP contribution in [0.2, 0.25) is 0 Å². The number of ether oxygens (including phenoxy) is 1. The number of nitrogens with zero attached hydrogens (tertiary/aromatic N) is 2. The first-order chi connectivity index (χ1) is 10.7. The number of hydrogen-bond donors (Lipinski definition) is 3. The first-order valence-electron chi connectivity index (χ1n) is 7.93. The smallest absolute Gasteiger partial charge is 0.194 e. The number of aliphatic imine (C=N–C) groups is 1. The lowest BCUT2D eigenvalue weighted by Crippen LogP contribution is -2.39. The highest BCUT2D eigenvalue weighted by Gasteiger charge is 2.47. The fraction of sp³-hybridized carbons (Fsp3) is 0.625. The van der Waals surface area contributed by atoms with Crippen LogP contribution in [0.3, 0.4) is 0 Å². The van der Waals surface area contributed by atoms with E-state index in [9.17, 15) is 5.11 Å². The van der Waals surface area contributed by atoms with Crippen molar-refractivity contribution in [2.45, 2.75) is 31.8 Å². The van der Waals surface area contributed by atoms with Gasteiger partial charge in [-0.25, -0.2) is 4.98 Å². The quantitative estimate of drug-likeness (QED) is 0.579. The average molecular weight is 304 g/mol. The Bertz CT molecular complexity index is 514. The van der Waals surface area contributed by atoms with Crippen LogP contribution < -0.4 is 11.1 Å². The van der Waals surface area contributed by atoms with Gasteiger partial charge in [0, 0.05) is 37.3 Å². The number of nitrogens with one attached hydrogen (secondary N) is 1. The zero-order chi connectivity index (χ0) is 15.4. The van der Waals surface area contributed by atoms with Gasteiger partial charge in [-0.3, -0.25) is 4.99 Å². The van der Waals surface area contributed by atoms with Gasteiger partial charge in [0.15, 0.2) is 5.96 Å². The van der Waals surface area contributed by atoms with E-state index in [4.69, 9.17) is 10.5 Å². The number of rotatable bonds is 3. The maximum Gasteiger partial charge on any atom is 0.194 e. The molecule has 0 aromatic carbocycles. The van der Waals surface area contributed by atoms with Crippen LogP contribution in [0.25, 0.3) is 0 Å². The van der Waals surface area contributed by atoms with E-state index in [1.165, 1.54) is 0 Å². The summed E-state index contributed by atoms with van der Waals surface area (Å²) in [5, 5.41) is 13.6. The summed E-state index contributed by atoms with van der Waals surface area (Å²) >= 11 is 0. The molecule has 2 atom stereocenters. The molecule has 2 heterocycles. The maximum atomic E-state index is 10.7. The molecule has 1 saturated heterocycles. The number of anilines is 1. The van der Waals surface area contributed by atoms with Gasteiger partial charge in [-0.1, -0.05) is 6.07 Å². The van der Waals surface area contributed by atoms with Gasteiger partial charge >= 0.3 is 0 Å². The number of nitrogens with two attached hydrogens (primary N) is 1. The second-order valence-electron chi connectivity index (χ2n) is 6.28. The van der Waals surface area contributed by atoms with Gasteiger partial charge in [0.2, 0.25) is 0 Å². The van der Waals surface area contributed by atoms with E-state index < -0.39 is 0 Å². The summed E-state index contributed by atoms with van der Waals surface area (Å²) in [5.41, 5.74) is 5.94. The molecule has 6 nitrogen and oxygen atoms in total. The Kier molecular flexibility index (Phi) is 4.59. The molecule has 1 saturated carbocycles. The number of aliphatic hydroxyl groups is 1. The van der Waals surface area contributed by atoms with Crippen LogP contribution in [-0.4, -0.2) is 41.9 Å². The van der Waals surface area contributed by atoms with Crippen LogP contribution in [0.5, 0.6) is 0 Å². The molecule has 2 fully saturated rings. The van der Waals surface area contributed by atoms with Gasteiger partial charge < -0.3 is 20.9 Å². The first kappa shape index (κ1) is 15.2. The molecular formula is C16H24N4O2. The number of hydrogen-bond acceptors (Lipinski definition) is 4. The molecule has 2 aliphatic rings. The van der Waals surface area contributed by atoms with Crippen molar-refractivity contribution in [3.63, 3.8) is 0 Å². The molecule has 1 aromatic heterocycles. The molecule has 1 aromatic rings.